The molecule has 156 valence electrons. The molecule has 1 atom stereocenters. The average molecular weight is 424 g/mol. The second-order valence-corrected chi connectivity index (χ2v) is 8.16. The summed E-state index contributed by atoms with van der Waals surface area (Å²) in [4.78, 5) is 3.62. The fraction of sp³-hybridized carbons (Fsp3) is 0.318. The Bertz CT molecular complexity index is 976. The molecule has 0 aliphatic carbocycles. The van der Waals surface area contributed by atoms with Crippen LogP contribution in [0.15, 0.2) is 64.6 Å². The van der Waals surface area contributed by atoms with Crippen LogP contribution in [-0.4, -0.2) is 38.8 Å². The van der Waals surface area contributed by atoms with Gasteiger partial charge in [-0.1, -0.05) is 35.9 Å². The van der Waals surface area contributed by atoms with Crippen LogP contribution >= 0.6 is 11.3 Å². The summed E-state index contributed by atoms with van der Waals surface area (Å²) in [6, 6.07) is 16.6. The SMILES string of the molecule is COCCn1nnnc1C(c1ccc(C)cc1)N(Cc1ccco1)Cc1cccs1. The largest absolute Gasteiger partial charge is 0.468 e. The first-order valence-electron chi connectivity index (χ1n) is 9.85. The zero-order valence-electron chi connectivity index (χ0n) is 17.1. The highest BCUT2D eigenvalue weighted by atomic mass is 32.1. The van der Waals surface area contributed by atoms with E-state index in [1.165, 1.54) is 10.4 Å². The number of aromatic nitrogens is 4. The van der Waals surface area contributed by atoms with E-state index < -0.39 is 0 Å². The van der Waals surface area contributed by atoms with Crippen molar-refractivity contribution in [3.8, 4) is 0 Å². The summed E-state index contributed by atoms with van der Waals surface area (Å²) in [5.41, 5.74) is 2.35. The van der Waals surface area contributed by atoms with Crippen LogP contribution in [0.25, 0.3) is 0 Å². The van der Waals surface area contributed by atoms with E-state index in [2.05, 4.69) is 69.1 Å². The monoisotopic (exact) mass is 423 g/mol. The third-order valence-electron chi connectivity index (χ3n) is 4.95. The summed E-state index contributed by atoms with van der Waals surface area (Å²) in [5, 5.41) is 14.7. The Morgan fingerprint density at radius 2 is 2.00 bits per heavy atom. The Morgan fingerprint density at radius 1 is 1.13 bits per heavy atom. The number of hydrogen-bond acceptors (Lipinski definition) is 7. The van der Waals surface area contributed by atoms with Crippen molar-refractivity contribution >= 4 is 11.3 Å². The molecule has 1 unspecified atom stereocenters. The summed E-state index contributed by atoms with van der Waals surface area (Å²) in [5.74, 6) is 1.69. The highest BCUT2D eigenvalue weighted by Gasteiger charge is 2.29. The molecule has 0 fully saturated rings. The lowest BCUT2D eigenvalue weighted by Crippen LogP contribution is -2.31. The molecule has 0 amide bonds. The van der Waals surface area contributed by atoms with Gasteiger partial charge in [0.15, 0.2) is 5.82 Å². The molecule has 0 N–H and O–H groups in total. The Morgan fingerprint density at radius 3 is 2.70 bits per heavy atom. The third kappa shape index (κ3) is 4.84. The van der Waals surface area contributed by atoms with Gasteiger partial charge in [-0.25, -0.2) is 4.68 Å². The zero-order chi connectivity index (χ0) is 20.8. The molecule has 7 nitrogen and oxygen atoms in total. The first-order chi connectivity index (χ1) is 14.7. The van der Waals surface area contributed by atoms with Gasteiger partial charge in [0.05, 0.1) is 32.0 Å². The van der Waals surface area contributed by atoms with E-state index in [9.17, 15) is 0 Å². The quantitative estimate of drug-likeness (QED) is 0.383. The maximum Gasteiger partial charge on any atom is 0.173 e. The lowest BCUT2D eigenvalue weighted by Gasteiger charge is -2.30. The van der Waals surface area contributed by atoms with Crippen molar-refractivity contribution in [1.29, 1.82) is 0 Å². The van der Waals surface area contributed by atoms with E-state index in [1.54, 1.807) is 24.7 Å². The van der Waals surface area contributed by atoms with Gasteiger partial charge in [0.25, 0.3) is 0 Å². The molecular weight excluding hydrogens is 398 g/mol. The molecule has 0 spiro atoms. The molecule has 4 rings (SSSR count). The molecule has 3 aromatic heterocycles. The van der Waals surface area contributed by atoms with Crippen LogP contribution in [0.1, 0.15) is 33.6 Å². The summed E-state index contributed by atoms with van der Waals surface area (Å²) in [6.07, 6.45) is 1.71. The van der Waals surface area contributed by atoms with E-state index in [0.29, 0.717) is 19.7 Å². The number of ether oxygens (including phenoxy) is 1. The number of nitrogens with zero attached hydrogens (tertiary/aromatic N) is 5. The number of rotatable bonds is 10. The highest BCUT2D eigenvalue weighted by Crippen LogP contribution is 2.31. The minimum absolute atomic E-state index is 0.135. The second-order valence-electron chi connectivity index (χ2n) is 7.13. The minimum atomic E-state index is -0.135. The first kappa shape index (κ1) is 20.5. The van der Waals surface area contributed by atoms with Gasteiger partial charge >= 0.3 is 0 Å². The molecule has 0 aliphatic rings. The summed E-state index contributed by atoms with van der Waals surface area (Å²) >= 11 is 1.74. The molecule has 3 heterocycles. The van der Waals surface area contributed by atoms with Crippen molar-refractivity contribution in [3.05, 3.63) is 87.8 Å². The zero-order valence-corrected chi connectivity index (χ0v) is 18.0. The summed E-state index contributed by atoms with van der Waals surface area (Å²) < 4.78 is 12.8. The maximum absolute atomic E-state index is 5.68. The predicted octanol–water partition coefficient (Wildman–Crippen LogP) is 4.07. The molecule has 0 saturated heterocycles. The number of thiophene rings is 1. The van der Waals surface area contributed by atoms with E-state index in [-0.39, 0.29) is 6.04 Å². The van der Waals surface area contributed by atoms with Crippen LogP contribution in [0, 0.1) is 6.92 Å². The Hall–Kier alpha value is -2.81. The molecule has 0 radical (unpaired) electrons. The van der Waals surface area contributed by atoms with Gasteiger partial charge in [0, 0.05) is 18.5 Å². The molecule has 0 aliphatic heterocycles. The Labute approximate surface area is 179 Å². The molecular formula is C22H25N5O2S. The van der Waals surface area contributed by atoms with E-state index >= 15 is 0 Å². The normalized spacial score (nSPS) is 12.5. The number of benzene rings is 1. The van der Waals surface area contributed by atoms with Gasteiger partial charge in [-0.15, -0.1) is 16.4 Å². The van der Waals surface area contributed by atoms with Crippen LogP contribution in [0.3, 0.4) is 0 Å². The van der Waals surface area contributed by atoms with Gasteiger partial charge in [0.1, 0.15) is 5.76 Å². The van der Waals surface area contributed by atoms with Crippen LogP contribution in [0.4, 0.5) is 0 Å². The number of tetrazole rings is 1. The van der Waals surface area contributed by atoms with E-state index in [1.807, 2.05) is 16.8 Å². The number of furan rings is 1. The Balaban J connectivity index is 1.76. The first-order valence-corrected chi connectivity index (χ1v) is 10.7. The molecule has 8 heteroatoms. The van der Waals surface area contributed by atoms with Crippen molar-refractivity contribution in [2.75, 3.05) is 13.7 Å². The van der Waals surface area contributed by atoms with Crippen LogP contribution < -0.4 is 0 Å². The van der Waals surface area contributed by atoms with Crippen molar-refractivity contribution in [3.63, 3.8) is 0 Å². The molecule has 4 aromatic rings. The molecule has 1 aromatic carbocycles. The van der Waals surface area contributed by atoms with Crippen molar-refractivity contribution < 1.29 is 9.15 Å². The molecule has 30 heavy (non-hydrogen) atoms. The van der Waals surface area contributed by atoms with Crippen LogP contribution in [0.5, 0.6) is 0 Å². The fourth-order valence-electron chi connectivity index (χ4n) is 3.46. The van der Waals surface area contributed by atoms with E-state index in [4.69, 9.17) is 9.15 Å². The smallest absolute Gasteiger partial charge is 0.173 e. The lowest BCUT2D eigenvalue weighted by atomic mass is 10.0. The standard InChI is InChI=1S/C22H25N5O2S/c1-17-7-9-18(10-8-17)21(22-23-24-25-27(22)11-13-28-2)26(15-19-5-3-12-29-19)16-20-6-4-14-30-20/h3-10,12,14,21H,11,13,15-16H2,1-2H3. The highest BCUT2D eigenvalue weighted by molar-refractivity contribution is 7.09. The third-order valence-corrected chi connectivity index (χ3v) is 5.81. The van der Waals surface area contributed by atoms with Crippen molar-refractivity contribution in [2.24, 2.45) is 0 Å². The topological polar surface area (TPSA) is 69.2 Å². The molecule has 0 saturated carbocycles. The maximum atomic E-state index is 5.68. The van der Waals surface area contributed by atoms with Crippen LogP contribution in [-0.2, 0) is 24.4 Å². The fourth-order valence-corrected chi connectivity index (χ4v) is 4.19. The number of methoxy groups -OCH3 is 1. The van der Waals surface area contributed by atoms with Gasteiger partial charge in [-0.2, -0.15) is 0 Å². The lowest BCUT2D eigenvalue weighted by molar-refractivity contribution is 0.165. The van der Waals surface area contributed by atoms with Gasteiger partial charge in [-0.05, 0) is 46.5 Å². The van der Waals surface area contributed by atoms with Crippen LogP contribution in [0.2, 0.25) is 0 Å². The minimum Gasteiger partial charge on any atom is -0.468 e. The van der Waals surface area contributed by atoms with Gasteiger partial charge in [-0.3, -0.25) is 4.90 Å². The van der Waals surface area contributed by atoms with Crippen molar-refractivity contribution in [2.45, 2.75) is 32.6 Å². The Kier molecular flexibility index (Phi) is 6.68. The van der Waals surface area contributed by atoms with E-state index in [0.717, 1.165) is 23.7 Å². The average Bonchev–Trinajstić information content (AvgIpc) is 3.52. The van der Waals surface area contributed by atoms with Crippen molar-refractivity contribution in [1.82, 2.24) is 25.1 Å². The summed E-state index contributed by atoms with van der Waals surface area (Å²) in [6.45, 7) is 4.62. The molecule has 0 bridgehead atoms. The number of aryl methyl sites for hydroxylation is 1. The van der Waals surface area contributed by atoms with Gasteiger partial charge in [0.2, 0.25) is 0 Å². The summed E-state index contributed by atoms with van der Waals surface area (Å²) in [7, 11) is 1.68. The number of hydrogen-bond donors (Lipinski definition) is 0. The predicted molar refractivity (Wildman–Crippen MR) is 115 cm³/mol. The second kappa shape index (κ2) is 9.80. The van der Waals surface area contributed by atoms with Gasteiger partial charge < -0.3 is 9.15 Å².